The van der Waals surface area contributed by atoms with E-state index in [2.05, 4.69) is 10.4 Å². The van der Waals surface area contributed by atoms with Gasteiger partial charge in [-0.15, -0.1) is 0 Å². The number of nitrogens with one attached hydrogen (secondary N) is 1. The number of carbonyl (C=O) groups is 2. The first-order valence-electron chi connectivity index (χ1n) is 12.7. The van der Waals surface area contributed by atoms with Crippen molar-refractivity contribution in [3.8, 4) is 11.5 Å². The van der Waals surface area contributed by atoms with E-state index in [1.165, 1.54) is 23.1 Å². The fourth-order valence-corrected chi connectivity index (χ4v) is 5.14. The van der Waals surface area contributed by atoms with Gasteiger partial charge in [0.05, 0.1) is 5.69 Å². The Bertz CT molecular complexity index is 1290. The normalized spacial score (nSPS) is 18.2. The smallest absolute Gasteiger partial charge is 0.272 e. The molecule has 1 aliphatic heterocycles. The van der Waals surface area contributed by atoms with E-state index in [9.17, 15) is 14.0 Å². The maximum atomic E-state index is 14.4. The minimum absolute atomic E-state index is 0.0197. The van der Waals surface area contributed by atoms with Gasteiger partial charge in [0.2, 0.25) is 12.0 Å². The number of carbonyl (C=O) groups excluding carboxylic acids is 2. The van der Waals surface area contributed by atoms with Crippen LogP contribution >= 0.6 is 0 Å². The molecular formula is C28H31FN4O4. The van der Waals surface area contributed by atoms with Crippen molar-refractivity contribution in [2.24, 2.45) is 7.05 Å². The van der Waals surface area contributed by atoms with Crippen molar-refractivity contribution >= 4 is 17.5 Å². The topological polar surface area (TPSA) is 85.7 Å². The number of anilines is 1. The summed E-state index contributed by atoms with van der Waals surface area (Å²) in [6, 6.07) is 11.7. The van der Waals surface area contributed by atoms with Gasteiger partial charge in [-0.1, -0.05) is 37.5 Å². The second-order valence-corrected chi connectivity index (χ2v) is 9.64. The number of halogens is 1. The van der Waals surface area contributed by atoms with Gasteiger partial charge in [-0.05, 0) is 50.1 Å². The zero-order valence-corrected chi connectivity index (χ0v) is 21.0. The number of fused-ring (bicyclic) bond motifs is 1. The number of hydrogen-bond donors (Lipinski definition) is 1. The second-order valence-electron chi connectivity index (χ2n) is 9.64. The number of ether oxygens (including phenoxy) is 2. The molecule has 2 aromatic carbocycles. The van der Waals surface area contributed by atoms with Crippen LogP contribution in [-0.4, -0.2) is 40.3 Å². The number of rotatable bonds is 6. The molecular weight excluding hydrogens is 475 g/mol. The standard InChI is InChI=1S/C28H31FN4O4/c1-18-22(16-32(2)31-18)26(27(34)30-20-10-4-3-5-11-20)33(21-12-8-9-19(29)15-21)28(35)25-17-36-23-13-6-7-14-24(23)37-25/h6-9,12-16,20,25-26H,3-5,10-11,17H2,1-2H3,(H,30,34)/t25-,26-/m1/s1. The van der Waals surface area contributed by atoms with Crippen LogP contribution in [0.25, 0.3) is 0 Å². The molecule has 1 aromatic heterocycles. The Morgan fingerprint density at radius 1 is 1.11 bits per heavy atom. The van der Waals surface area contributed by atoms with Crippen LogP contribution in [0.15, 0.2) is 54.7 Å². The Morgan fingerprint density at radius 2 is 1.86 bits per heavy atom. The van der Waals surface area contributed by atoms with Gasteiger partial charge in [0, 0.05) is 30.5 Å². The first-order chi connectivity index (χ1) is 17.9. The average Bonchev–Trinajstić information content (AvgIpc) is 3.24. The van der Waals surface area contributed by atoms with Crippen molar-refractivity contribution in [2.75, 3.05) is 11.5 Å². The molecule has 37 heavy (non-hydrogen) atoms. The molecule has 0 unspecified atom stereocenters. The number of para-hydroxylation sites is 2. The highest BCUT2D eigenvalue weighted by atomic mass is 19.1. The number of hydrogen-bond acceptors (Lipinski definition) is 5. The van der Waals surface area contributed by atoms with Gasteiger partial charge in [0.25, 0.3) is 5.91 Å². The third-order valence-electron chi connectivity index (χ3n) is 6.91. The van der Waals surface area contributed by atoms with Crippen molar-refractivity contribution < 1.29 is 23.5 Å². The van der Waals surface area contributed by atoms with E-state index in [0.29, 0.717) is 22.8 Å². The molecule has 1 saturated carbocycles. The number of aromatic nitrogens is 2. The fraction of sp³-hybridized carbons (Fsp3) is 0.393. The summed E-state index contributed by atoms with van der Waals surface area (Å²) < 4.78 is 27.9. The van der Waals surface area contributed by atoms with Crippen LogP contribution in [0.4, 0.5) is 10.1 Å². The molecule has 9 heteroatoms. The summed E-state index contributed by atoms with van der Waals surface area (Å²) in [5.74, 6) is -0.383. The third-order valence-corrected chi connectivity index (χ3v) is 6.91. The number of nitrogens with zero attached hydrogens (tertiary/aromatic N) is 3. The second kappa shape index (κ2) is 10.6. The minimum Gasteiger partial charge on any atom is -0.485 e. The lowest BCUT2D eigenvalue weighted by atomic mass is 9.94. The Kier molecular flexibility index (Phi) is 7.12. The van der Waals surface area contributed by atoms with Crippen LogP contribution in [0.3, 0.4) is 0 Å². The maximum absolute atomic E-state index is 14.4. The van der Waals surface area contributed by atoms with E-state index in [1.807, 2.05) is 6.07 Å². The van der Waals surface area contributed by atoms with Gasteiger partial charge in [-0.25, -0.2) is 4.39 Å². The molecule has 5 rings (SSSR count). The molecule has 2 aliphatic rings. The van der Waals surface area contributed by atoms with Crippen LogP contribution in [0.2, 0.25) is 0 Å². The predicted molar refractivity (Wildman–Crippen MR) is 136 cm³/mol. The number of benzene rings is 2. The van der Waals surface area contributed by atoms with Gasteiger partial charge in [0.15, 0.2) is 11.5 Å². The third kappa shape index (κ3) is 5.30. The fourth-order valence-electron chi connectivity index (χ4n) is 5.14. The minimum atomic E-state index is -1.08. The lowest BCUT2D eigenvalue weighted by Crippen LogP contribution is -2.52. The Labute approximate surface area is 215 Å². The molecule has 2 atom stereocenters. The summed E-state index contributed by atoms with van der Waals surface area (Å²) >= 11 is 0. The summed E-state index contributed by atoms with van der Waals surface area (Å²) in [6.07, 6.45) is 5.70. The molecule has 194 valence electrons. The highest BCUT2D eigenvalue weighted by molar-refractivity contribution is 6.03. The molecule has 0 bridgehead atoms. The molecule has 8 nitrogen and oxygen atoms in total. The molecule has 3 aromatic rings. The highest BCUT2D eigenvalue weighted by Gasteiger charge is 2.41. The summed E-state index contributed by atoms with van der Waals surface area (Å²) in [7, 11) is 1.76. The van der Waals surface area contributed by atoms with E-state index in [-0.39, 0.29) is 24.2 Å². The monoisotopic (exact) mass is 506 g/mol. The lowest BCUT2D eigenvalue weighted by Gasteiger charge is -2.36. The molecule has 0 spiro atoms. The lowest BCUT2D eigenvalue weighted by molar-refractivity contribution is -0.132. The van der Waals surface area contributed by atoms with Crippen LogP contribution in [-0.2, 0) is 16.6 Å². The summed E-state index contributed by atoms with van der Waals surface area (Å²) in [5, 5.41) is 7.58. The van der Waals surface area contributed by atoms with Gasteiger partial charge in [-0.2, -0.15) is 5.10 Å². The van der Waals surface area contributed by atoms with Crippen molar-refractivity contribution in [3.63, 3.8) is 0 Å². The Hall–Kier alpha value is -3.88. The van der Waals surface area contributed by atoms with Crippen molar-refractivity contribution in [2.45, 2.75) is 57.2 Å². The van der Waals surface area contributed by atoms with Crippen molar-refractivity contribution in [3.05, 3.63) is 71.8 Å². The van der Waals surface area contributed by atoms with Crippen LogP contribution < -0.4 is 19.7 Å². The van der Waals surface area contributed by atoms with Gasteiger partial charge in [0.1, 0.15) is 18.5 Å². The van der Waals surface area contributed by atoms with E-state index >= 15 is 0 Å². The van der Waals surface area contributed by atoms with E-state index in [4.69, 9.17) is 9.47 Å². The molecule has 1 fully saturated rings. The highest BCUT2D eigenvalue weighted by Crippen LogP contribution is 2.35. The quantitative estimate of drug-likeness (QED) is 0.541. The maximum Gasteiger partial charge on any atom is 0.272 e. The average molecular weight is 507 g/mol. The summed E-state index contributed by atoms with van der Waals surface area (Å²) in [6.45, 7) is 1.76. The molecule has 1 N–H and O–H groups in total. The van der Waals surface area contributed by atoms with Crippen LogP contribution in [0, 0.1) is 12.7 Å². The van der Waals surface area contributed by atoms with E-state index < -0.39 is 23.9 Å². The van der Waals surface area contributed by atoms with Crippen LogP contribution in [0.5, 0.6) is 11.5 Å². The Morgan fingerprint density at radius 3 is 2.57 bits per heavy atom. The summed E-state index contributed by atoms with van der Waals surface area (Å²) in [5.41, 5.74) is 1.41. The molecule has 2 heterocycles. The van der Waals surface area contributed by atoms with Crippen molar-refractivity contribution in [1.29, 1.82) is 0 Å². The SMILES string of the molecule is Cc1nn(C)cc1[C@H](C(=O)NC1CCCCC1)N(C(=O)[C@H]1COc2ccccc2O1)c1cccc(F)c1. The largest absolute Gasteiger partial charge is 0.485 e. The first-order valence-corrected chi connectivity index (χ1v) is 12.7. The van der Waals surface area contributed by atoms with Crippen molar-refractivity contribution in [1.82, 2.24) is 15.1 Å². The molecule has 2 amide bonds. The summed E-state index contributed by atoms with van der Waals surface area (Å²) in [4.78, 5) is 29.4. The zero-order chi connectivity index (χ0) is 25.9. The molecule has 0 saturated heterocycles. The molecule has 0 radical (unpaired) electrons. The van der Waals surface area contributed by atoms with E-state index in [1.54, 1.807) is 49.1 Å². The Balaban J connectivity index is 1.56. The van der Waals surface area contributed by atoms with Crippen LogP contribution in [0.1, 0.15) is 49.4 Å². The van der Waals surface area contributed by atoms with E-state index in [0.717, 1.165) is 32.1 Å². The first kappa shape index (κ1) is 24.8. The zero-order valence-electron chi connectivity index (χ0n) is 21.0. The molecule has 1 aliphatic carbocycles. The number of amides is 2. The number of aryl methyl sites for hydroxylation is 2. The van der Waals surface area contributed by atoms with Gasteiger partial charge in [-0.3, -0.25) is 19.2 Å². The predicted octanol–water partition coefficient (Wildman–Crippen LogP) is 4.23. The van der Waals surface area contributed by atoms with Gasteiger partial charge >= 0.3 is 0 Å². The van der Waals surface area contributed by atoms with Gasteiger partial charge < -0.3 is 14.8 Å².